The summed E-state index contributed by atoms with van der Waals surface area (Å²) in [7, 11) is 4.05. The minimum Gasteiger partial charge on any atom is -0.480 e. The molecule has 100 valence electrons. The summed E-state index contributed by atoms with van der Waals surface area (Å²) in [4.78, 5) is 15.6. The van der Waals surface area contributed by atoms with Gasteiger partial charge in [0.15, 0.2) is 0 Å². The number of carboxylic acid groups (broad SMARTS) is 1. The summed E-state index contributed by atoms with van der Waals surface area (Å²) < 4.78 is 0. The fourth-order valence-electron chi connectivity index (χ4n) is 2.53. The topological polar surface area (TPSA) is 43.8 Å². The first-order valence-corrected chi connectivity index (χ1v) is 7.16. The van der Waals surface area contributed by atoms with E-state index in [2.05, 4.69) is 21.2 Å². The molecule has 2 heterocycles. The van der Waals surface area contributed by atoms with E-state index in [4.69, 9.17) is 0 Å². The Labute approximate surface area is 112 Å². The molecule has 2 unspecified atom stereocenters. The Kier molecular flexibility index (Phi) is 4.37. The molecule has 1 N–H and O–H groups in total. The van der Waals surface area contributed by atoms with Crippen LogP contribution < -0.4 is 0 Å². The molecule has 0 spiro atoms. The number of rotatable bonds is 4. The molecule has 1 aliphatic heterocycles. The van der Waals surface area contributed by atoms with E-state index in [1.165, 1.54) is 5.56 Å². The number of carboxylic acids is 1. The fraction of sp³-hybridized carbons (Fsp3) is 0.615. The van der Waals surface area contributed by atoms with Gasteiger partial charge in [0.25, 0.3) is 0 Å². The maximum atomic E-state index is 11.4. The van der Waals surface area contributed by atoms with Crippen molar-refractivity contribution in [3.63, 3.8) is 0 Å². The van der Waals surface area contributed by atoms with E-state index < -0.39 is 5.97 Å². The average Bonchev–Trinajstić information content (AvgIpc) is 2.81. The van der Waals surface area contributed by atoms with Crippen molar-refractivity contribution in [2.75, 3.05) is 20.6 Å². The van der Waals surface area contributed by atoms with Crippen LogP contribution in [0.25, 0.3) is 0 Å². The van der Waals surface area contributed by atoms with Gasteiger partial charge in [0.05, 0.1) is 0 Å². The van der Waals surface area contributed by atoms with Gasteiger partial charge in [0.1, 0.15) is 6.04 Å². The molecule has 0 aliphatic carbocycles. The summed E-state index contributed by atoms with van der Waals surface area (Å²) in [5.74, 6) is -0.697. The molecule has 0 amide bonds. The van der Waals surface area contributed by atoms with E-state index >= 15 is 0 Å². The SMILES string of the molecule is CN(C)C1CCN(Cc2ccsc2)C(C(=O)O)C1. The lowest BCUT2D eigenvalue weighted by atomic mass is 9.96. The van der Waals surface area contributed by atoms with Crippen LogP contribution in [0.15, 0.2) is 16.8 Å². The van der Waals surface area contributed by atoms with Crippen LogP contribution in [0.2, 0.25) is 0 Å². The number of nitrogens with zero attached hydrogens (tertiary/aromatic N) is 2. The fourth-order valence-corrected chi connectivity index (χ4v) is 3.19. The van der Waals surface area contributed by atoms with Crippen molar-refractivity contribution in [3.8, 4) is 0 Å². The number of piperidine rings is 1. The molecule has 4 nitrogen and oxygen atoms in total. The lowest BCUT2D eigenvalue weighted by Gasteiger charge is -2.39. The van der Waals surface area contributed by atoms with Gasteiger partial charge in [-0.15, -0.1) is 0 Å². The lowest BCUT2D eigenvalue weighted by molar-refractivity contribution is -0.145. The Hall–Kier alpha value is -0.910. The molecule has 0 bridgehead atoms. The number of carbonyl (C=O) groups is 1. The first-order valence-electron chi connectivity index (χ1n) is 6.22. The summed E-state index contributed by atoms with van der Waals surface area (Å²) in [5.41, 5.74) is 1.22. The Bertz CT molecular complexity index is 392. The molecule has 1 aromatic rings. The number of hydrogen-bond acceptors (Lipinski definition) is 4. The average molecular weight is 268 g/mol. The third-order valence-electron chi connectivity index (χ3n) is 3.67. The second-order valence-corrected chi connectivity index (χ2v) is 5.88. The third kappa shape index (κ3) is 3.10. The monoisotopic (exact) mass is 268 g/mol. The molecular weight excluding hydrogens is 248 g/mol. The number of likely N-dealkylation sites (tertiary alicyclic amines) is 1. The largest absolute Gasteiger partial charge is 0.480 e. The van der Waals surface area contributed by atoms with Crippen molar-refractivity contribution < 1.29 is 9.90 Å². The lowest BCUT2D eigenvalue weighted by Crippen LogP contribution is -2.51. The first-order chi connectivity index (χ1) is 8.58. The highest BCUT2D eigenvalue weighted by molar-refractivity contribution is 7.07. The van der Waals surface area contributed by atoms with Crippen LogP contribution in [-0.2, 0) is 11.3 Å². The Morgan fingerprint density at radius 1 is 1.61 bits per heavy atom. The Morgan fingerprint density at radius 2 is 2.39 bits per heavy atom. The number of hydrogen-bond donors (Lipinski definition) is 1. The molecular formula is C13H20N2O2S. The van der Waals surface area contributed by atoms with Gasteiger partial charge < -0.3 is 10.0 Å². The highest BCUT2D eigenvalue weighted by Gasteiger charge is 2.34. The Balaban J connectivity index is 2.03. The van der Waals surface area contributed by atoms with Crippen LogP contribution in [0.5, 0.6) is 0 Å². The van der Waals surface area contributed by atoms with Gasteiger partial charge in [0, 0.05) is 19.1 Å². The second kappa shape index (κ2) is 5.82. The van der Waals surface area contributed by atoms with Gasteiger partial charge >= 0.3 is 5.97 Å². The maximum Gasteiger partial charge on any atom is 0.320 e. The second-order valence-electron chi connectivity index (χ2n) is 5.10. The molecule has 1 fully saturated rings. The van der Waals surface area contributed by atoms with Crippen molar-refractivity contribution in [1.29, 1.82) is 0 Å². The highest BCUT2D eigenvalue weighted by atomic mass is 32.1. The van der Waals surface area contributed by atoms with Gasteiger partial charge in [-0.1, -0.05) is 0 Å². The van der Waals surface area contributed by atoms with Gasteiger partial charge in [-0.05, 0) is 49.3 Å². The van der Waals surface area contributed by atoms with Crippen LogP contribution >= 0.6 is 11.3 Å². The highest BCUT2D eigenvalue weighted by Crippen LogP contribution is 2.23. The van der Waals surface area contributed by atoms with Gasteiger partial charge in [-0.3, -0.25) is 9.69 Å². The van der Waals surface area contributed by atoms with Crippen molar-refractivity contribution in [3.05, 3.63) is 22.4 Å². The van der Waals surface area contributed by atoms with Crippen LogP contribution in [-0.4, -0.2) is 53.6 Å². The number of aliphatic carboxylic acids is 1. The van der Waals surface area contributed by atoms with E-state index in [9.17, 15) is 9.90 Å². The minimum absolute atomic E-state index is 0.356. The zero-order valence-electron chi connectivity index (χ0n) is 10.9. The van der Waals surface area contributed by atoms with Crippen LogP contribution in [0.4, 0.5) is 0 Å². The smallest absolute Gasteiger partial charge is 0.320 e. The van der Waals surface area contributed by atoms with Crippen molar-refractivity contribution in [1.82, 2.24) is 9.80 Å². The molecule has 0 aromatic carbocycles. The third-order valence-corrected chi connectivity index (χ3v) is 4.40. The summed E-state index contributed by atoms with van der Waals surface area (Å²) in [6, 6.07) is 2.10. The van der Waals surface area contributed by atoms with Crippen molar-refractivity contribution in [2.24, 2.45) is 0 Å². The molecule has 5 heteroatoms. The van der Waals surface area contributed by atoms with E-state index in [1.807, 2.05) is 19.5 Å². The molecule has 2 rings (SSSR count). The van der Waals surface area contributed by atoms with Crippen molar-refractivity contribution >= 4 is 17.3 Å². The van der Waals surface area contributed by atoms with Crippen LogP contribution in [0.1, 0.15) is 18.4 Å². The van der Waals surface area contributed by atoms with E-state index in [1.54, 1.807) is 11.3 Å². The van der Waals surface area contributed by atoms with Gasteiger partial charge in [-0.2, -0.15) is 11.3 Å². The standard InChI is InChI=1S/C13H20N2O2S/c1-14(2)11-3-5-15(12(7-11)13(16)17)8-10-4-6-18-9-10/h4,6,9,11-12H,3,5,7-8H2,1-2H3,(H,16,17). The minimum atomic E-state index is -0.697. The summed E-state index contributed by atoms with van der Waals surface area (Å²) >= 11 is 1.66. The molecule has 18 heavy (non-hydrogen) atoms. The summed E-state index contributed by atoms with van der Waals surface area (Å²) in [6.45, 7) is 1.61. The maximum absolute atomic E-state index is 11.4. The first kappa shape index (κ1) is 13.5. The van der Waals surface area contributed by atoms with Crippen LogP contribution in [0.3, 0.4) is 0 Å². The van der Waals surface area contributed by atoms with Crippen molar-refractivity contribution in [2.45, 2.75) is 31.5 Å². The normalized spacial score (nSPS) is 25.5. The predicted octanol–water partition coefficient (Wildman–Crippen LogP) is 1.73. The quantitative estimate of drug-likeness (QED) is 0.903. The van der Waals surface area contributed by atoms with Gasteiger partial charge in [-0.25, -0.2) is 0 Å². The molecule has 1 aromatic heterocycles. The summed E-state index contributed by atoms with van der Waals surface area (Å²) in [5, 5.41) is 13.5. The van der Waals surface area contributed by atoms with E-state index in [0.29, 0.717) is 12.5 Å². The molecule has 2 atom stereocenters. The Morgan fingerprint density at radius 3 is 2.94 bits per heavy atom. The molecule has 1 saturated heterocycles. The molecule has 0 radical (unpaired) electrons. The van der Waals surface area contributed by atoms with Crippen LogP contribution in [0, 0.1) is 0 Å². The van der Waals surface area contributed by atoms with E-state index in [-0.39, 0.29) is 6.04 Å². The predicted molar refractivity (Wildman–Crippen MR) is 72.9 cm³/mol. The van der Waals surface area contributed by atoms with Gasteiger partial charge in [0.2, 0.25) is 0 Å². The zero-order chi connectivity index (χ0) is 13.1. The summed E-state index contributed by atoms with van der Waals surface area (Å²) in [6.07, 6.45) is 1.76. The number of thiophene rings is 1. The van der Waals surface area contributed by atoms with E-state index in [0.717, 1.165) is 19.5 Å². The zero-order valence-corrected chi connectivity index (χ0v) is 11.7. The molecule has 1 aliphatic rings. The molecule has 0 saturated carbocycles.